The predicted octanol–water partition coefficient (Wildman–Crippen LogP) is 1.82. The van der Waals surface area contributed by atoms with E-state index in [0.29, 0.717) is 12.8 Å². The summed E-state index contributed by atoms with van der Waals surface area (Å²) >= 11 is 0. The zero-order valence-corrected chi connectivity index (χ0v) is 8.97. The second-order valence-corrected chi connectivity index (χ2v) is 5.23. The van der Waals surface area contributed by atoms with Crippen LogP contribution in [0.4, 0.5) is 8.78 Å². The van der Waals surface area contributed by atoms with Crippen LogP contribution in [-0.4, -0.2) is 30.9 Å². The maximum Gasteiger partial charge on any atom is 0.392 e. The summed E-state index contributed by atoms with van der Waals surface area (Å²) in [5, 5.41) is -4.20. The number of hydrogen-bond acceptors (Lipinski definition) is 3. The molecule has 1 rings (SSSR count). The zero-order chi connectivity index (χ0) is 11.5. The molecule has 1 N–H and O–H groups in total. The third-order valence-electron chi connectivity index (χ3n) is 2.42. The standard InChI is InChI=1S/C8H14F2O4S/c9-8(10,15(11,12)13)6-14-7-4-2-1-3-5-7/h7H,1-6H2,(H,11,12,13). The minimum atomic E-state index is -5.36. The number of ether oxygens (including phenoxy) is 1. The van der Waals surface area contributed by atoms with Crippen molar-refractivity contribution in [2.75, 3.05) is 6.61 Å². The quantitative estimate of drug-likeness (QED) is 0.766. The van der Waals surface area contributed by atoms with Crippen LogP contribution in [0.3, 0.4) is 0 Å². The van der Waals surface area contributed by atoms with Gasteiger partial charge in [-0.1, -0.05) is 19.3 Å². The fraction of sp³-hybridized carbons (Fsp3) is 1.00. The second kappa shape index (κ2) is 4.71. The number of halogens is 2. The van der Waals surface area contributed by atoms with E-state index in [1.54, 1.807) is 0 Å². The monoisotopic (exact) mass is 244 g/mol. The summed E-state index contributed by atoms with van der Waals surface area (Å²) in [6.07, 6.45) is 3.88. The average molecular weight is 244 g/mol. The normalized spacial score (nSPS) is 20.5. The van der Waals surface area contributed by atoms with Crippen molar-refractivity contribution in [1.29, 1.82) is 0 Å². The van der Waals surface area contributed by atoms with Gasteiger partial charge in [0.25, 0.3) is 0 Å². The summed E-state index contributed by atoms with van der Waals surface area (Å²) in [6, 6.07) is 0. The van der Waals surface area contributed by atoms with E-state index in [0.717, 1.165) is 19.3 Å². The minimum absolute atomic E-state index is 0.314. The highest BCUT2D eigenvalue weighted by molar-refractivity contribution is 7.86. The van der Waals surface area contributed by atoms with Crippen molar-refractivity contribution in [3.05, 3.63) is 0 Å². The first kappa shape index (κ1) is 12.8. The molecule has 7 heteroatoms. The van der Waals surface area contributed by atoms with Gasteiger partial charge in [0.2, 0.25) is 0 Å². The predicted molar refractivity (Wildman–Crippen MR) is 49.3 cm³/mol. The van der Waals surface area contributed by atoms with Crippen LogP contribution in [-0.2, 0) is 14.9 Å². The van der Waals surface area contributed by atoms with E-state index in [4.69, 9.17) is 9.29 Å². The first-order valence-corrected chi connectivity index (χ1v) is 6.23. The fourth-order valence-corrected chi connectivity index (χ4v) is 1.74. The molecule has 0 heterocycles. The topological polar surface area (TPSA) is 63.6 Å². The van der Waals surface area contributed by atoms with Crippen LogP contribution < -0.4 is 0 Å². The smallest absolute Gasteiger partial charge is 0.371 e. The van der Waals surface area contributed by atoms with Crippen molar-refractivity contribution in [2.24, 2.45) is 0 Å². The molecule has 0 aliphatic heterocycles. The molecule has 0 radical (unpaired) electrons. The molecule has 1 fully saturated rings. The van der Waals surface area contributed by atoms with Gasteiger partial charge in [-0.15, -0.1) is 0 Å². The van der Waals surface area contributed by atoms with E-state index >= 15 is 0 Å². The van der Waals surface area contributed by atoms with Crippen LogP contribution in [0.25, 0.3) is 0 Å². The Kier molecular flexibility index (Phi) is 4.02. The molecule has 90 valence electrons. The van der Waals surface area contributed by atoms with E-state index in [1.807, 2.05) is 0 Å². The summed E-state index contributed by atoms with van der Waals surface area (Å²) < 4.78 is 59.0. The van der Waals surface area contributed by atoms with Gasteiger partial charge in [0.05, 0.1) is 6.10 Å². The maximum absolute atomic E-state index is 12.7. The SMILES string of the molecule is O=S(=O)(O)C(F)(F)COC1CCCCC1. The molecule has 15 heavy (non-hydrogen) atoms. The molecule has 0 aromatic heterocycles. The van der Waals surface area contributed by atoms with Crippen molar-refractivity contribution in [3.63, 3.8) is 0 Å². The van der Waals surface area contributed by atoms with Crippen molar-refractivity contribution in [2.45, 2.75) is 43.5 Å². The van der Waals surface area contributed by atoms with E-state index in [2.05, 4.69) is 0 Å². The molecule has 0 atom stereocenters. The molecule has 4 nitrogen and oxygen atoms in total. The molecular formula is C8H14F2O4S. The highest BCUT2D eigenvalue weighted by Crippen LogP contribution is 2.25. The molecule has 0 amide bonds. The molecule has 0 unspecified atom stereocenters. The van der Waals surface area contributed by atoms with E-state index in [-0.39, 0.29) is 6.10 Å². The first-order valence-electron chi connectivity index (χ1n) is 4.79. The fourth-order valence-electron chi connectivity index (χ4n) is 1.52. The van der Waals surface area contributed by atoms with Crippen LogP contribution in [0.15, 0.2) is 0 Å². The highest BCUT2D eigenvalue weighted by atomic mass is 32.2. The largest absolute Gasteiger partial charge is 0.392 e. The zero-order valence-electron chi connectivity index (χ0n) is 8.16. The summed E-state index contributed by atoms with van der Waals surface area (Å²) in [7, 11) is -5.36. The lowest BCUT2D eigenvalue weighted by Crippen LogP contribution is -2.35. The van der Waals surface area contributed by atoms with Gasteiger partial charge >= 0.3 is 15.4 Å². The molecule has 0 aromatic carbocycles. The van der Waals surface area contributed by atoms with Gasteiger partial charge in [-0.2, -0.15) is 17.2 Å². The first-order chi connectivity index (χ1) is 6.83. The Morgan fingerprint density at radius 3 is 2.27 bits per heavy atom. The Morgan fingerprint density at radius 2 is 1.80 bits per heavy atom. The Bertz CT molecular complexity index is 296. The van der Waals surface area contributed by atoms with Crippen LogP contribution in [0.5, 0.6) is 0 Å². The summed E-state index contributed by atoms with van der Waals surface area (Å²) in [4.78, 5) is 0. The Balaban J connectivity index is 2.41. The summed E-state index contributed by atoms with van der Waals surface area (Å²) in [5.74, 6) is 0. The van der Waals surface area contributed by atoms with Gasteiger partial charge in [-0.3, -0.25) is 4.55 Å². The van der Waals surface area contributed by atoms with Gasteiger partial charge < -0.3 is 4.74 Å². The van der Waals surface area contributed by atoms with Crippen LogP contribution in [0, 0.1) is 0 Å². The number of hydrogen-bond donors (Lipinski definition) is 1. The molecule has 1 aliphatic rings. The lowest BCUT2D eigenvalue weighted by atomic mass is 9.98. The Morgan fingerprint density at radius 1 is 1.27 bits per heavy atom. The third-order valence-corrected chi connectivity index (χ3v) is 3.29. The van der Waals surface area contributed by atoms with Gasteiger partial charge in [0, 0.05) is 0 Å². The van der Waals surface area contributed by atoms with Crippen LogP contribution in [0.2, 0.25) is 0 Å². The molecule has 0 aromatic rings. The van der Waals surface area contributed by atoms with Crippen LogP contribution >= 0.6 is 0 Å². The van der Waals surface area contributed by atoms with Gasteiger partial charge in [0.15, 0.2) is 0 Å². The van der Waals surface area contributed by atoms with Crippen molar-refractivity contribution in [1.82, 2.24) is 0 Å². The van der Waals surface area contributed by atoms with E-state index in [1.165, 1.54) is 0 Å². The van der Waals surface area contributed by atoms with E-state index in [9.17, 15) is 17.2 Å². The van der Waals surface area contributed by atoms with Gasteiger partial charge in [-0.05, 0) is 12.8 Å². The minimum Gasteiger partial charge on any atom is -0.371 e. The molecule has 0 bridgehead atoms. The molecule has 1 aliphatic carbocycles. The lowest BCUT2D eigenvalue weighted by molar-refractivity contribution is -0.0618. The van der Waals surface area contributed by atoms with Gasteiger partial charge in [0.1, 0.15) is 6.61 Å². The lowest BCUT2D eigenvalue weighted by Gasteiger charge is -2.23. The maximum atomic E-state index is 12.7. The highest BCUT2D eigenvalue weighted by Gasteiger charge is 2.44. The van der Waals surface area contributed by atoms with Gasteiger partial charge in [-0.25, -0.2) is 0 Å². The third kappa shape index (κ3) is 3.66. The molecular weight excluding hydrogens is 230 g/mol. The summed E-state index contributed by atoms with van der Waals surface area (Å²) in [6.45, 7) is -1.27. The van der Waals surface area contributed by atoms with Crippen molar-refractivity contribution >= 4 is 10.1 Å². The number of alkyl halides is 2. The Labute approximate surface area is 87.4 Å². The van der Waals surface area contributed by atoms with Crippen LogP contribution in [0.1, 0.15) is 32.1 Å². The average Bonchev–Trinajstić information content (AvgIpc) is 2.15. The molecule has 0 saturated heterocycles. The van der Waals surface area contributed by atoms with Crippen molar-refractivity contribution in [3.8, 4) is 0 Å². The number of rotatable bonds is 4. The molecule has 0 spiro atoms. The summed E-state index contributed by atoms with van der Waals surface area (Å²) in [5.41, 5.74) is 0. The van der Waals surface area contributed by atoms with E-state index < -0.39 is 22.0 Å². The second-order valence-electron chi connectivity index (χ2n) is 3.68. The molecule has 1 saturated carbocycles. The van der Waals surface area contributed by atoms with Crippen molar-refractivity contribution < 1.29 is 26.5 Å². The Hall–Kier alpha value is -0.270.